The van der Waals surface area contributed by atoms with Gasteiger partial charge in [0.15, 0.2) is 6.61 Å². The fourth-order valence-electron chi connectivity index (χ4n) is 2.73. The topological polar surface area (TPSA) is 139 Å². The van der Waals surface area contributed by atoms with E-state index >= 15 is 0 Å². The van der Waals surface area contributed by atoms with Crippen molar-refractivity contribution in [1.82, 2.24) is 0 Å². The van der Waals surface area contributed by atoms with Crippen LogP contribution in [0.15, 0.2) is 82.6 Å². The smallest absolute Gasteiger partial charge is 0.341 e. The zero-order chi connectivity index (χ0) is 23.4. The first kappa shape index (κ1) is 23.1. The van der Waals surface area contributed by atoms with E-state index in [9.17, 15) is 21.6 Å². The summed E-state index contributed by atoms with van der Waals surface area (Å²) < 4.78 is 60.2. The number of rotatable bonds is 9. The molecule has 3 aromatic carbocycles. The normalized spacial score (nSPS) is 11.5. The third kappa shape index (κ3) is 5.77. The van der Waals surface area contributed by atoms with Gasteiger partial charge in [-0.3, -0.25) is 9.44 Å². The number of nitrogens with one attached hydrogen (secondary N) is 2. The number of anilines is 2. The summed E-state index contributed by atoms with van der Waals surface area (Å²) in [6, 6.07) is 17.6. The molecule has 0 atom stereocenters. The molecule has 0 unspecified atom stereocenters. The van der Waals surface area contributed by atoms with Crippen LogP contribution in [0.5, 0.6) is 5.75 Å². The number of benzene rings is 3. The van der Waals surface area contributed by atoms with Crippen LogP contribution in [0.4, 0.5) is 11.4 Å². The Morgan fingerprint density at radius 3 is 1.91 bits per heavy atom. The number of hydrogen-bond donors (Lipinski definition) is 3. The van der Waals surface area contributed by atoms with Crippen molar-refractivity contribution >= 4 is 37.4 Å². The third-order valence-corrected chi connectivity index (χ3v) is 7.03. The van der Waals surface area contributed by atoms with Crippen LogP contribution in [0.3, 0.4) is 0 Å². The summed E-state index contributed by atoms with van der Waals surface area (Å²) >= 11 is 0. The highest BCUT2D eigenvalue weighted by atomic mass is 32.2. The summed E-state index contributed by atoms with van der Waals surface area (Å²) in [7, 11) is -7.80. The van der Waals surface area contributed by atoms with E-state index < -0.39 is 32.6 Å². The second kappa shape index (κ2) is 9.28. The molecule has 168 valence electrons. The van der Waals surface area contributed by atoms with E-state index in [-0.39, 0.29) is 21.2 Å². The lowest BCUT2D eigenvalue weighted by Crippen LogP contribution is -2.15. The highest BCUT2D eigenvalue weighted by Crippen LogP contribution is 2.24. The minimum absolute atomic E-state index is 0.0277. The number of aryl methyl sites for hydroxylation is 1. The van der Waals surface area contributed by atoms with E-state index in [0.717, 1.165) is 0 Å². The van der Waals surface area contributed by atoms with Gasteiger partial charge in [0.1, 0.15) is 5.75 Å². The lowest BCUT2D eigenvalue weighted by molar-refractivity contribution is -0.139. The van der Waals surface area contributed by atoms with Crippen LogP contribution < -0.4 is 14.2 Å². The standard InChI is InChI=1S/C21H20N2O7S2/c1-15-13-19(11-12-20(15)30-14-21(24)25)32(28,29)23-17-7-9-18(10-8-17)31(26,27)22-16-5-3-2-4-6-16/h2-13,22-23H,14H2,1H3,(H,24,25). The molecule has 0 spiro atoms. The summed E-state index contributed by atoms with van der Waals surface area (Å²) in [5.41, 5.74) is 1.03. The van der Waals surface area contributed by atoms with E-state index in [1.807, 2.05) is 0 Å². The molecular formula is C21H20N2O7S2. The van der Waals surface area contributed by atoms with Crippen molar-refractivity contribution in [2.75, 3.05) is 16.1 Å². The van der Waals surface area contributed by atoms with E-state index in [2.05, 4.69) is 9.44 Å². The summed E-state index contributed by atoms with van der Waals surface area (Å²) in [6.07, 6.45) is 0. The van der Waals surface area contributed by atoms with Gasteiger partial charge in [0.2, 0.25) is 0 Å². The maximum absolute atomic E-state index is 12.7. The number of carbonyl (C=O) groups is 1. The number of sulfonamides is 2. The number of aliphatic carboxylic acids is 1. The van der Waals surface area contributed by atoms with Crippen LogP contribution in [-0.4, -0.2) is 34.5 Å². The molecule has 0 heterocycles. The number of ether oxygens (including phenoxy) is 1. The van der Waals surface area contributed by atoms with Crippen molar-refractivity contribution in [3.05, 3.63) is 78.4 Å². The molecule has 0 saturated heterocycles. The fourth-order valence-corrected chi connectivity index (χ4v) is 4.93. The van der Waals surface area contributed by atoms with E-state index in [1.54, 1.807) is 37.3 Å². The first-order valence-electron chi connectivity index (χ1n) is 9.23. The number of carboxylic acids is 1. The average Bonchev–Trinajstić information content (AvgIpc) is 2.73. The van der Waals surface area contributed by atoms with Crippen LogP contribution in [-0.2, 0) is 24.8 Å². The van der Waals surface area contributed by atoms with E-state index in [1.165, 1.54) is 42.5 Å². The van der Waals surface area contributed by atoms with E-state index in [4.69, 9.17) is 9.84 Å². The fraction of sp³-hybridized carbons (Fsp3) is 0.0952. The predicted molar refractivity (Wildman–Crippen MR) is 119 cm³/mol. The third-order valence-electron chi connectivity index (χ3n) is 4.25. The molecule has 3 rings (SSSR count). The van der Waals surface area contributed by atoms with Crippen LogP contribution in [0.1, 0.15) is 5.56 Å². The SMILES string of the molecule is Cc1cc(S(=O)(=O)Nc2ccc(S(=O)(=O)Nc3ccccc3)cc2)ccc1OCC(=O)O. The van der Waals surface area contributed by atoms with Crippen molar-refractivity contribution in [2.24, 2.45) is 0 Å². The highest BCUT2D eigenvalue weighted by Gasteiger charge is 2.18. The van der Waals surface area contributed by atoms with Crippen molar-refractivity contribution in [1.29, 1.82) is 0 Å². The molecule has 0 aliphatic heterocycles. The zero-order valence-corrected chi connectivity index (χ0v) is 18.5. The van der Waals surface area contributed by atoms with Crippen LogP contribution in [0.25, 0.3) is 0 Å². The Morgan fingerprint density at radius 1 is 0.812 bits per heavy atom. The Kier molecular flexibility index (Phi) is 6.70. The first-order chi connectivity index (χ1) is 15.1. The molecule has 3 aromatic rings. The van der Waals surface area contributed by atoms with Gasteiger partial charge in [-0.05, 0) is 67.1 Å². The summed E-state index contributed by atoms with van der Waals surface area (Å²) in [5, 5.41) is 8.68. The molecule has 0 bridgehead atoms. The monoisotopic (exact) mass is 476 g/mol. The van der Waals surface area contributed by atoms with Gasteiger partial charge in [0.05, 0.1) is 9.79 Å². The molecule has 9 nitrogen and oxygen atoms in total. The minimum Gasteiger partial charge on any atom is -0.482 e. The van der Waals surface area contributed by atoms with Crippen LogP contribution >= 0.6 is 0 Å². The highest BCUT2D eigenvalue weighted by molar-refractivity contribution is 7.93. The molecule has 0 fully saturated rings. The number of carboxylic acid groups (broad SMARTS) is 1. The number of hydrogen-bond acceptors (Lipinski definition) is 6. The predicted octanol–water partition coefficient (Wildman–Crippen LogP) is 3.06. The van der Waals surface area contributed by atoms with Gasteiger partial charge in [-0.2, -0.15) is 0 Å². The Bertz CT molecular complexity index is 1320. The summed E-state index contributed by atoms with van der Waals surface area (Å²) in [6.45, 7) is 1.05. The van der Waals surface area contributed by atoms with Crippen molar-refractivity contribution in [3.63, 3.8) is 0 Å². The summed E-state index contributed by atoms with van der Waals surface area (Å²) in [4.78, 5) is 10.5. The quantitative estimate of drug-likeness (QED) is 0.431. The van der Waals surface area contributed by atoms with Crippen LogP contribution in [0, 0.1) is 6.92 Å². The molecule has 0 saturated carbocycles. The van der Waals surface area contributed by atoms with Crippen molar-refractivity contribution < 1.29 is 31.5 Å². The second-order valence-electron chi connectivity index (χ2n) is 6.71. The molecule has 3 N–H and O–H groups in total. The molecule has 0 aliphatic carbocycles. The maximum atomic E-state index is 12.7. The van der Waals surface area contributed by atoms with Crippen molar-refractivity contribution in [2.45, 2.75) is 16.7 Å². The van der Waals surface area contributed by atoms with Gasteiger partial charge in [-0.1, -0.05) is 18.2 Å². The average molecular weight is 477 g/mol. The Hall–Kier alpha value is -3.57. The lowest BCUT2D eigenvalue weighted by atomic mass is 10.2. The first-order valence-corrected chi connectivity index (χ1v) is 12.2. The van der Waals surface area contributed by atoms with Crippen molar-refractivity contribution in [3.8, 4) is 5.75 Å². The van der Waals surface area contributed by atoms with Gasteiger partial charge in [-0.25, -0.2) is 21.6 Å². The lowest BCUT2D eigenvalue weighted by Gasteiger charge is -2.12. The van der Waals surface area contributed by atoms with Gasteiger partial charge in [0, 0.05) is 11.4 Å². The van der Waals surface area contributed by atoms with Gasteiger partial charge in [0.25, 0.3) is 20.0 Å². The molecule has 32 heavy (non-hydrogen) atoms. The van der Waals surface area contributed by atoms with E-state index in [0.29, 0.717) is 11.3 Å². The molecule has 11 heteroatoms. The largest absolute Gasteiger partial charge is 0.482 e. The summed E-state index contributed by atoms with van der Waals surface area (Å²) in [5.74, 6) is -0.890. The Labute approximate surface area is 185 Å². The molecular weight excluding hydrogens is 456 g/mol. The van der Waals surface area contributed by atoms with Gasteiger partial charge in [-0.15, -0.1) is 0 Å². The maximum Gasteiger partial charge on any atom is 0.341 e. The second-order valence-corrected chi connectivity index (χ2v) is 10.1. The zero-order valence-electron chi connectivity index (χ0n) is 16.8. The van der Waals surface area contributed by atoms with Crippen LogP contribution in [0.2, 0.25) is 0 Å². The molecule has 0 aromatic heterocycles. The molecule has 0 amide bonds. The number of para-hydroxylation sites is 1. The van der Waals surface area contributed by atoms with Gasteiger partial charge < -0.3 is 9.84 Å². The van der Waals surface area contributed by atoms with Gasteiger partial charge >= 0.3 is 5.97 Å². The molecule has 0 radical (unpaired) electrons. The Morgan fingerprint density at radius 2 is 1.34 bits per heavy atom. The molecule has 0 aliphatic rings. The Balaban J connectivity index is 1.74. The minimum atomic E-state index is -3.97.